The van der Waals surface area contributed by atoms with Gasteiger partial charge in [-0.25, -0.2) is 9.18 Å². The molecule has 0 radical (unpaired) electrons. The Bertz CT molecular complexity index is 1330. The van der Waals surface area contributed by atoms with Gasteiger partial charge in [-0.05, 0) is 48.0 Å². The predicted molar refractivity (Wildman–Crippen MR) is 130 cm³/mol. The monoisotopic (exact) mass is 513 g/mol. The van der Waals surface area contributed by atoms with Crippen molar-refractivity contribution in [2.45, 2.75) is 18.1 Å². The van der Waals surface area contributed by atoms with Crippen LogP contribution in [0.25, 0.3) is 0 Å². The molecule has 0 spiro atoms. The molecule has 0 saturated carbocycles. The zero-order valence-electron chi connectivity index (χ0n) is 18.7. The summed E-state index contributed by atoms with van der Waals surface area (Å²) in [5.74, 6) is -0.935. The fourth-order valence-electron chi connectivity index (χ4n) is 3.94. The molecular weight excluding hydrogens is 494 g/mol. The first-order valence-corrected chi connectivity index (χ1v) is 11.2. The lowest BCUT2D eigenvalue weighted by atomic mass is 9.79. The molecule has 184 valence electrons. The average Bonchev–Trinajstić information content (AvgIpc) is 2.85. The molecule has 4 nitrogen and oxygen atoms in total. The lowest BCUT2D eigenvalue weighted by molar-refractivity contribution is -0.137. The predicted octanol–water partition coefficient (Wildman–Crippen LogP) is 7.20. The van der Waals surface area contributed by atoms with Gasteiger partial charge in [0.1, 0.15) is 11.4 Å². The van der Waals surface area contributed by atoms with E-state index in [-0.39, 0.29) is 22.7 Å². The molecule has 0 saturated heterocycles. The Labute approximate surface area is 210 Å². The van der Waals surface area contributed by atoms with Gasteiger partial charge in [0.2, 0.25) is 0 Å². The summed E-state index contributed by atoms with van der Waals surface area (Å²) in [6, 6.07) is 21.4. The van der Waals surface area contributed by atoms with Crippen LogP contribution in [-0.4, -0.2) is 11.0 Å². The van der Waals surface area contributed by atoms with Gasteiger partial charge < -0.3 is 10.6 Å². The summed E-state index contributed by atoms with van der Waals surface area (Å²) in [6.45, 7) is 0. The van der Waals surface area contributed by atoms with Gasteiger partial charge in [0.15, 0.2) is 0 Å². The number of pyridine rings is 1. The van der Waals surface area contributed by atoms with Gasteiger partial charge in [-0.15, -0.1) is 0 Å². The van der Waals surface area contributed by atoms with Gasteiger partial charge in [-0.3, -0.25) is 4.98 Å². The first-order valence-electron chi connectivity index (χ1n) is 10.8. The number of alkyl halides is 3. The molecular formula is C27H20ClF4N3O. The van der Waals surface area contributed by atoms with Gasteiger partial charge >= 0.3 is 12.2 Å². The van der Waals surface area contributed by atoms with Crippen LogP contribution in [-0.2, 0) is 18.1 Å². The van der Waals surface area contributed by atoms with Gasteiger partial charge in [0.05, 0.1) is 16.3 Å². The van der Waals surface area contributed by atoms with Crippen LogP contribution >= 0.6 is 11.6 Å². The Balaban J connectivity index is 1.92. The molecule has 2 amide bonds. The molecule has 36 heavy (non-hydrogen) atoms. The maximum atomic E-state index is 15.4. The number of amides is 2. The lowest BCUT2D eigenvalue weighted by Gasteiger charge is -2.36. The van der Waals surface area contributed by atoms with Gasteiger partial charge in [0.25, 0.3) is 0 Å². The standard InChI is InChI=1S/C27H20ClF4N3O/c28-20-12-14-24(33-17-20)26(16-18-7-3-1-4-8-18,35-25(36)34-21-9-5-2-6-10-21)22-15-19(27(30,31)32)11-13-23(22)29/h1-15,17H,16H2,(H2,34,35,36). The summed E-state index contributed by atoms with van der Waals surface area (Å²) in [5, 5.41) is 5.65. The van der Waals surface area contributed by atoms with E-state index in [1.54, 1.807) is 60.7 Å². The van der Waals surface area contributed by atoms with Crippen molar-refractivity contribution in [2.24, 2.45) is 0 Å². The molecule has 4 aromatic rings. The zero-order chi connectivity index (χ0) is 25.8. The number of benzene rings is 3. The third kappa shape index (κ3) is 5.66. The third-order valence-corrected chi connectivity index (χ3v) is 5.81. The molecule has 0 aliphatic rings. The Morgan fingerprint density at radius 1 is 0.889 bits per heavy atom. The first kappa shape index (κ1) is 25.2. The summed E-state index contributed by atoms with van der Waals surface area (Å²) in [4.78, 5) is 17.5. The van der Waals surface area contributed by atoms with Crippen LogP contribution < -0.4 is 10.6 Å². The van der Waals surface area contributed by atoms with Gasteiger partial charge in [0, 0.05) is 23.9 Å². The first-order chi connectivity index (χ1) is 17.2. The molecule has 0 aliphatic heterocycles. The normalized spacial score (nSPS) is 13.0. The number of carbonyl (C=O) groups is 1. The van der Waals surface area contributed by atoms with Crippen molar-refractivity contribution in [2.75, 3.05) is 5.32 Å². The summed E-state index contributed by atoms with van der Waals surface area (Å²) in [5.41, 5.74) is -2.09. The van der Waals surface area contributed by atoms with Crippen LogP contribution in [0.2, 0.25) is 5.02 Å². The maximum Gasteiger partial charge on any atom is 0.416 e. The van der Waals surface area contributed by atoms with E-state index in [4.69, 9.17) is 11.6 Å². The maximum absolute atomic E-state index is 15.4. The van der Waals surface area contributed by atoms with Gasteiger partial charge in [-0.1, -0.05) is 60.1 Å². The van der Waals surface area contributed by atoms with Gasteiger partial charge in [-0.2, -0.15) is 13.2 Å². The quantitative estimate of drug-likeness (QED) is 0.268. The van der Waals surface area contributed by atoms with Crippen LogP contribution in [0.1, 0.15) is 22.4 Å². The molecule has 0 fully saturated rings. The third-order valence-electron chi connectivity index (χ3n) is 5.59. The molecule has 1 heterocycles. The molecule has 9 heteroatoms. The summed E-state index contributed by atoms with van der Waals surface area (Å²) in [6.07, 6.45) is -3.54. The van der Waals surface area contributed by atoms with E-state index in [9.17, 15) is 18.0 Å². The number of aromatic nitrogens is 1. The molecule has 1 unspecified atom stereocenters. The highest BCUT2D eigenvalue weighted by molar-refractivity contribution is 6.30. The van der Waals surface area contributed by atoms with Crippen molar-refractivity contribution in [3.8, 4) is 0 Å². The number of urea groups is 1. The smallest absolute Gasteiger partial charge is 0.322 e. The fourth-order valence-corrected chi connectivity index (χ4v) is 4.05. The SMILES string of the molecule is O=C(Nc1ccccc1)NC(Cc1ccccc1)(c1ccc(Cl)cn1)c1cc(C(F)(F)F)ccc1F. The molecule has 0 aliphatic carbocycles. The second kappa shape index (κ2) is 10.4. The number of nitrogens with zero attached hydrogens (tertiary/aromatic N) is 1. The van der Waals surface area contributed by atoms with Crippen molar-refractivity contribution >= 4 is 23.3 Å². The number of halogens is 5. The number of hydrogen-bond acceptors (Lipinski definition) is 2. The number of carbonyl (C=O) groups excluding carboxylic acids is 1. The van der Waals surface area contributed by atoms with Crippen LogP contribution in [0.15, 0.2) is 97.2 Å². The highest BCUT2D eigenvalue weighted by atomic mass is 35.5. The fraction of sp³-hybridized carbons (Fsp3) is 0.111. The zero-order valence-corrected chi connectivity index (χ0v) is 19.4. The number of anilines is 1. The van der Waals surface area contributed by atoms with Crippen molar-refractivity contribution < 1.29 is 22.4 Å². The van der Waals surface area contributed by atoms with E-state index in [0.717, 1.165) is 6.07 Å². The van der Waals surface area contributed by atoms with Crippen molar-refractivity contribution in [1.29, 1.82) is 0 Å². The number of hydrogen-bond donors (Lipinski definition) is 2. The minimum Gasteiger partial charge on any atom is -0.322 e. The Kier molecular flexibility index (Phi) is 7.26. The molecule has 0 bridgehead atoms. The van der Waals surface area contributed by atoms with E-state index < -0.39 is 29.1 Å². The number of para-hydroxylation sites is 1. The molecule has 3 aromatic carbocycles. The Hall–Kier alpha value is -3.91. The topological polar surface area (TPSA) is 54.0 Å². The minimum atomic E-state index is -4.74. The second-order valence-electron chi connectivity index (χ2n) is 8.07. The summed E-state index contributed by atoms with van der Waals surface area (Å²) >= 11 is 6.01. The highest BCUT2D eigenvalue weighted by Crippen LogP contribution is 2.38. The highest BCUT2D eigenvalue weighted by Gasteiger charge is 2.42. The number of nitrogens with one attached hydrogen (secondary N) is 2. The van der Waals surface area contributed by atoms with Crippen LogP contribution in [0.3, 0.4) is 0 Å². The molecule has 4 rings (SSSR count). The van der Waals surface area contributed by atoms with Crippen LogP contribution in [0, 0.1) is 5.82 Å². The minimum absolute atomic E-state index is 0.0943. The van der Waals surface area contributed by atoms with Crippen molar-refractivity contribution in [3.63, 3.8) is 0 Å². The van der Waals surface area contributed by atoms with Crippen molar-refractivity contribution in [1.82, 2.24) is 10.3 Å². The largest absolute Gasteiger partial charge is 0.416 e. The van der Waals surface area contributed by atoms with E-state index in [2.05, 4.69) is 15.6 Å². The molecule has 2 N–H and O–H groups in total. The Morgan fingerprint density at radius 2 is 1.56 bits per heavy atom. The summed E-state index contributed by atoms with van der Waals surface area (Å²) < 4.78 is 56.4. The van der Waals surface area contributed by atoms with E-state index in [0.29, 0.717) is 23.4 Å². The van der Waals surface area contributed by atoms with Crippen LogP contribution in [0.5, 0.6) is 0 Å². The lowest BCUT2D eigenvalue weighted by Crippen LogP contribution is -2.51. The van der Waals surface area contributed by atoms with Crippen LogP contribution in [0.4, 0.5) is 28.0 Å². The Morgan fingerprint density at radius 3 is 2.17 bits per heavy atom. The van der Waals surface area contributed by atoms with E-state index >= 15 is 4.39 Å². The number of rotatable bonds is 6. The second-order valence-corrected chi connectivity index (χ2v) is 8.50. The summed E-state index contributed by atoms with van der Waals surface area (Å²) in [7, 11) is 0. The average molecular weight is 514 g/mol. The van der Waals surface area contributed by atoms with Crippen molar-refractivity contribution in [3.05, 3.63) is 130 Å². The van der Waals surface area contributed by atoms with E-state index in [1.807, 2.05) is 0 Å². The van der Waals surface area contributed by atoms with E-state index in [1.165, 1.54) is 18.3 Å². The molecule has 1 aromatic heterocycles. The molecule has 1 atom stereocenters.